The Hall–Kier alpha value is -0.760. The van der Waals surface area contributed by atoms with E-state index < -0.39 is 0 Å². The van der Waals surface area contributed by atoms with Crippen LogP contribution in [0.2, 0.25) is 15.1 Å². The van der Waals surface area contributed by atoms with E-state index in [4.69, 9.17) is 34.8 Å². The fraction of sp³-hybridized carbons (Fsp3) is 0.154. The minimum Gasteiger partial charge on any atom is -0.258 e. The number of nitrogens with zero attached hydrogens (tertiary/aromatic N) is 1. The Morgan fingerprint density at radius 1 is 0.882 bits per heavy atom. The van der Waals surface area contributed by atoms with Crippen LogP contribution in [0.1, 0.15) is 11.4 Å². The number of hydrogen-bond donors (Lipinski definition) is 0. The molecule has 0 aliphatic heterocycles. The van der Waals surface area contributed by atoms with E-state index in [1.165, 1.54) is 0 Å². The van der Waals surface area contributed by atoms with Gasteiger partial charge in [-0.1, -0.05) is 34.8 Å². The van der Waals surface area contributed by atoms with Crippen LogP contribution in [0.25, 0.3) is 11.1 Å². The van der Waals surface area contributed by atoms with Crippen molar-refractivity contribution in [3.63, 3.8) is 0 Å². The smallest absolute Gasteiger partial charge is 0.0671 e. The second-order valence-corrected chi connectivity index (χ2v) is 5.11. The Morgan fingerprint density at radius 3 is 2.06 bits per heavy atom. The number of rotatable bonds is 1. The summed E-state index contributed by atoms with van der Waals surface area (Å²) in [4.78, 5) is 4.33. The lowest BCUT2D eigenvalue weighted by molar-refractivity contribution is 1.12. The minimum atomic E-state index is 0.460. The van der Waals surface area contributed by atoms with E-state index in [0.29, 0.717) is 15.1 Å². The summed E-state index contributed by atoms with van der Waals surface area (Å²) in [7, 11) is 0. The van der Waals surface area contributed by atoms with Gasteiger partial charge in [0.2, 0.25) is 0 Å². The van der Waals surface area contributed by atoms with Gasteiger partial charge in [-0.05, 0) is 43.7 Å². The van der Waals surface area contributed by atoms with Crippen molar-refractivity contribution in [3.8, 4) is 11.1 Å². The summed E-state index contributed by atoms with van der Waals surface area (Å²) >= 11 is 18.2. The molecule has 1 aromatic carbocycles. The van der Waals surface area contributed by atoms with Crippen LogP contribution in [0.5, 0.6) is 0 Å². The molecule has 17 heavy (non-hydrogen) atoms. The van der Waals surface area contributed by atoms with E-state index in [0.717, 1.165) is 22.5 Å². The highest BCUT2D eigenvalue weighted by Crippen LogP contribution is 2.36. The van der Waals surface area contributed by atoms with Crippen molar-refractivity contribution in [1.29, 1.82) is 0 Å². The van der Waals surface area contributed by atoms with Crippen LogP contribution < -0.4 is 0 Å². The molecular weight excluding hydrogens is 277 g/mol. The fourth-order valence-corrected chi connectivity index (χ4v) is 2.47. The molecule has 0 bridgehead atoms. The zero-order chi connectivity index (χ0) is 12.6. The monoisotopic (exact) mass is 285 g/mol. The van der Waals surface area contributed by atoms with Crippen molar-refractivity contribution in [1.82, 2.24) is 4.98 Å². The lowest BCUT2D eigenvalue weighted by Crippen LogP contribution is -1.89. The molecular formula is C13H10Cl3N. The molecule has 2 rings (SSSR count). The maximum absolute atomic E-state index is 6.19. The summed E-state index contributed by atoms with van der Waals surface area (Å²) in [6, 6.07) is 7.36. The van der Waals surface area contributed by atoms with E-state index in [2.05, 4.69) is 4.98 Å². The van der Waals surface area contributed by atoms with Gasteiger partial charge >= 0.3 is 0 Å². The molecule has 0 amide bonds. The first-order chi connectivity index (χ1) is 7.97. The van der Waals surface area contributed by atoms with Crippen LogP contribution in [0.15, 0.2) is 24.3 Å². The molecule has 0 atom stereocenters. The van der Waals surface area contributed by atoms with E-state index in [-0.39, 0.29) is 0 Å². The molecule has 1 heterocycles. The number of aryl methyl sites for hydroxylation is 2. The average Bonchev–Trinajstić information content (AvgIpc) is 2.22. The molecule has 0 saturated heterocycles. The maximum Gasteiger partial charge on any atom is 0.0671 e. The molecule has 2 aromatic rings. The predicted molar refractivity (Wildman–Crippen MR) is 74.2 cm³/mol. The normalized spacial score (nSPS) is 10.6. The molecule has 1 aromatic heterocycles. The van der Waals surface area contributed by atoms with Gasteiger partial charge in [0, 0.05) is 22.0 Å². The fourth-order valence-electron chi connectivity index (χ4n) is 1.76. The summed E-state index contributed by atoms with van der Waals surface area (Å²) in [5.41, 5.74) is 3.68. The second-order valence-electron chi connectivity index (χ2n) is 3.89. The molecule has 0 spiro atoms. The van der Waals surface area contributed by atoms with Crippen LogP contribution in [0.4, 0.5) is 0 Å². The Balaban J connectivity index is 2.67. The van der Waals surface area contributed by atoms with Crippen LogP contribution in [0, 0.1) is 13.8 Å². The third-order valence-corrected chi connectivity index (χ3v) is 3.41. The maximum atomic E-state index is 6.19. The molecule has 1 nitrogen and oxygen atoms in total. The largest absolute Gasteiger partial charge is 0.258 e. The van der Waals surface area contributed by atoms with Gasteiger partial charge in [0.15, 0.2) is 0 Å². The zero-order valence-electron chi connectivity index (χ0n) is 9.39. The third kappa shape index (κ3) is 2.74. The van der Waals surface area contributed by atoms with Crippen LogP contribution in [-0.4, -0.2) is 4.98 Å². The van der Waals surface area contributed by atoms with Gasteiger partial charge in [0.05, 0.1) is 10.0 Å². The van der Waals surface area contributed by atoms with Crippen molar-refractivity contribution in [2.75, 3.05) is 0 Å². The van der Waals surface area contributed by atoms with Gasteiger partial charge in [-0.25, -0.2) is 0 Å². The highest BCUT2D eigenvalue weighted by Gasteiger charge is 2.10. The predicted octanol–water partition coefficient (Wildman–Crippen LogP) is 5.33. The highest BCUT2D eigenvalue weighted by atomic mass is 35.5. The number of benzene rings is 1. The molecule has 0 aliphatic rings. The summed E-state index contributed by atoms with van der Waals surface area (Å²) in [5.74, 6) is 0. The highest BCUT2D eigenvalue weighted by molar-refractivity contribution is 6.45. The van der Waals surface area contributed by atoms with Crippen molar-refractivity contribution < 1.29 is 0 Å². The standard InChI is InChI=1S/C13H10Cl3N/c1-7-3-9(4-8(2)17-7)11-5-10(14)6-12(15)13(11)16/h3-6H,1-2H3. The van der Waals surface area contributed by atoms with Crippen molar-refractivity contribution in [2.24, 2.45) is 0 Å². The van der Waals surface area contributed by atoms with Gasteiger partial charge in [0.25, 0.3) is 0 Å². The van der Waals surface area contributed by atoms with Gasteiger partial charge in [-0.3, -0.25) is 4.98 Å². The quantitative estimate of drug-likeness (QED) is 0.646. The first kappa shape index (κ1) is 12.7. The number of hydrogen-bond acceptors (Lipinski definition) is 1. The molecule has 0 N–H and O–H groups in total. The second kappa shape index (κ2) is 4.85. The molecule has 88 valence electrons. The van der Waals surface area contributed by atoms with Gasteiger partial charge < -0.3 is 0 Å². The van der Waals surface area contributed by atoms with Crippen molar-refractivity contribution in [2.45, 2.75) is 13.8 Å². The van der Waals surface area contributed by atoms with Gasteiger partial charge in [-0.15, -0.1) is 0 Å². The summed E-state index contributed by atoms with van der Waals surface area (Å²) in [6.45, 7) is 3.88. The van der Waals surface area contributed by atoms with Gasteiger partial charge in [0.1, 0.15) is 0 Å². The lowest BCUT2D eigenvalue weighted by Gasteiger charge is -2.09. The molecule has 0 radical (unpaired) electrons. The molecule has 0 aliphatic carbocycles. The molecule has 0 saturated carbocycles. The Kier molecular flexibility index (Phi) is 3.62. The summed E-state index contributed by atoms with van der Waals surface area (Å²) in [6.07, 6.45) is 0. The van der Waals surface area contributed by atoms with Crippen LogP contribution in [0.3, 0.4) is 0 Å². The topological polar surface area (TPSA) is 12.9 Å². The van der Waals surface area contributed by atoms with E-state index in [1.807, 2.05) is 32.0 Å². The Labute approximate surface area is 115 Å². The molecule has 0 fully saturated rings. The van der Waals surface area contributed by atoms with Crippen LogP contribution >= 0.6 is 34.8 Å². The van der Waals surface area contributed by atoms with Gasteiger partial charge in [-0.2, -0.15) is 0 Å². The Bertz CT molecular complexity index is 559. The van der Waals surface area contributed by atoms with Crippen molar-refractivity contribution in [3.05, 3.63) is 50.7 Å². The summed E-state index contributed by atoms with van der Waals surface area (Å²) < 4.78 is 0. The van der Waals surface area contributed by atoms with E-state index >= 15 is 0 Å². The van der Waals surface area contributed by atoms with E-state index in [9.17, 15) is 0 Å². The van der Waals surface area contributed by atoms with E-state index in [1.54, 1.807) is 6.07 Å². The SMILES string of the molecule is Cc1cc(-c2cc(Cl)cc(Cl)c2Cl)cc(C)n1. The number of aromatic nitrogens is 1. The molecule has 4 heteroatoms. The third-order valence-electron chi connectivity index (χ3n) is 2.39. The zero-order valence-corrected chi connectivity index (χ0v) is 11.7. The number of halogens is 3. The van der Waals surface area contributed by atoms with Crippen molar-refractivity contribution >= 4 is 34.8 Å². The minimum absolute atomic E-state index is 0.460. The Morgan fingerprint density at radius 2 is 1.47 bits per heavy atom. The number of pyridine rings is 1. The van der Waals surface area contributed by atoms with Crippen LogP contribution in [-0.2, 0) is 0 Å². The molecule has 0 unspecified atom stereocenters. The first-order valence-electron chi connectivity index (χ1n) is 5.07. The summed E-state index contributed by atoms with van der Waals surface area (Å²) in [5, 5.41) is 1.55. The average molecular weight is 287 g/mol. The first-order valence-corrected chi connectivity index (χ1v) is 6.21. The lowest BCUT2D eigenvalue weighted by atomic mass is 10.0.